The lowest BCUT2D eigenvalue weighted by Crippen LogP contribution is -2.31. The van der Waals surface area contributed by atoms with Crippen molar-refractivity contribution in [3.05, 3.63) is 11.8 Å². The van der Waals surface area contributed by atoms with Crippen LogP contribution < -0.4 is 0 Å². The number of carbonyl (C=O) groups is 1. The summed E-state index contributed by atoms with van der Waals surface area (Å²) in [5.74, 6) is -2.08. The van der Waals surface area contributed by atoms with Gasteiger partial charge in [-0.25, -0.2) is 0 Å². The van der Waals surface area contributed by atoms with Crippen molar-refractivity contribution in [2.45, 2.75) is 44.3 Å². The molecular formula is C12H15F3N2O. The molecule has 1 aliphatic rings. The molecule has 1 aliphatic carbocycles. The predicted octanol–water partition coefficient (Wildman–Crippen LogP) is 2.79. The molecule has 1 rings (SSSR count). The number of halogens is 3. The van der Waals surface area contributed by atoms with Gasteiger partial charge in [0.2, 0.25) is 0 Å². The highest BCUT2D eigenvalue weighted by Crippen LogP contribution is 2.24. The van der Waals surface area contributed by atoms with Crippen LogP contribution in [-0.2, 0) is 4.79 Å². The molecule has 0 amide bonds. The Bertz CT molecular complexity index is 376. The fraction of sp³-hybridized carbons (Fsp3) is 0.667. The molecule has 100 valence electrons. The van der Waals surface area contributed by atoms with E-state index in [0.29, 0.717) is 0 Å². The topological polar surface area (TPSA) is 44.1 Å². The quantitative estimate of drug-likeness (QED) is 0.579. The summed E-state index contributed by atoms with van der Waals surface area (Å²) in [5.41, 5.74) is -0.851. The van der Waals surface area contributed by atoms with Crippen molar-refractivity contribution in [1.82, 2.24) is 4.90 Å². The van der Waals surface area contributed by atoms with E-state index in [9.17, 15) is 18.0 Å². The first-order chi connectivity index (χ1) is 8.36. The second-order valence-electron chi connectivity index (χ2n) is 4.44. The highest BCUT2D eigenvalue weighted by molar-refractivity contribution is 6.02. The molecule has 1 saturated carbocycles. The number of Topliss-reactive ketones (excluding diaryl/α,β-unsaturated/α-hetero) is 1. The summed E-state index contributed by atoms with van der Waals surface area (Å²) in [7, 11) is 1.61. The fourth-order valence-electron chi connectivity index (χ4n) is 2.09. The number of alkyl halides is 3. The third-order valence-electron chi connectivity index (χ3n) is 3.11. The minimum atomic E-state index is -4.99. The molecule has 0 aromatic carbocycles. The van der Waals surface area contributed by atoms with Gasteiger partial charge >= 0.3 is 6.18 Å². The highest BCUT2D eigenvalue weighted by Gasteiger charge is 2.41. The SMILES string of the molecule is CN(C=C(C#N)C(=O)C(F)(F)F)C1CCCCC1. The fourth-order valence-corrected chi connectivity index (χ4v) is 2.09. The van der Waals surface area contributed by atoms with Gasteiger partial charge in [0, 0.05) is 19.3 Å². The van der Waals surface area contributed by atoms with Gasteiger partial charge in [0.05, 0.1) is 0 Å². The second-order valence-corrected chi connectivity index (χ2v) is 4.44. The number of nitriles is 1. The zero-order valence-electron chi connectivity index (χ0n) is 10.1. The average molecular weight is 260 g/mol. The maximum absolute atomic E-state index is 12.2. The van der Waals surface area contributed by atoms with Crippen LogP contribution in [0.3, 0.4) is 0 Å². The summed E-state index contributed by atoms with van der Waals surface area (Å²) in [6.45, 7) is 0. The van der Waals surface area contributed by atoms with Crippen molar-refractivity contribution in [1.29, 1.82) is 5.26 Å². The lowest BCUT2D eigenvalue weighted by molar-refractivity contribution is -0.166. The molecule has 0 aliphatic heterocycles. The summed E-state index contributed by atoms with van der Waals surface area (Å²) in [6, 6.07) is 1.44. The van der Waals surface area contributed by atoms with E-state index >= 15 is 0 Å². The number of carbonyl (C=O) groups excluding carboxylic acids is 1. The minimum Gasteiger partial charge on any atom is -0.376 e. The third-order valence-corrected chi connectivity index (χ3v) is 3.11. The molecule has 0 radical (unpaired) electrons. The zero-order chi connectivity index (χ0) is 13.8. The van der Waals surface area contributed by atoms with Gasteiger partial charge in [-0.15, -0.1) is 0 Å². The van der Waals surface area contributed by atoms with Crippen LogP contribution in [0, 0.1) is 11.3 Å². The molecule has 0 aromatic rings. The van der Waals surface area contributed by atoms with E-state index in [1.54, 1.807) is 11.9 Å². The standard InChI is InChI=1S/C12H15F3N2O/c1-17(10-5-3-2-4-6-10)8-9(7-16)11(18)12(13,14)15/h8,10H,2-6H2,1H3. The van der Waals surface area contributed by atoms with Crippen LogP contribution in [-0.4, -0.2) is 29.9 Å². The third kappa shape index (κ3) is 3.76. The molecule has 0 atom stereocenters. The van der Waals surface area contributed by atoms with Crippen molar-refractivity contribution >= 4 is 5.78 Å². The van der Waals surface area contributed by atoms with Crippen LogP contribution in [0.1, 0.15) is 32.1 Å². The summed E-state index contributed by atoms with van der Waals surface area (Å²) in [4.78, 5) is 12.5. The van der Waals surface area contributed by atoms with E-state index in [1.165, 1.54) is 6.07 Å². The predicted molar refractivity (Wildman–Crippen MR) is 59.4 cm³/mol. The van der Waals surface area contributed by atoms with Crippen molar-refractivity contribution in [3.63, 3.8) is 0 Å². The monoisotopic (exact) mass is 260 g/mol. The van der Waals surface area contributed by atoms with Gasteiger partial charge in [-0.1, -0.05) is 19.3 Å². The maximum Gasteiger partial charge on any atom is 0.455 e. The summed E-state index contributed by atoms with van der Waals surface area (Å²) < 4.78 is 36.7. The van der Waals surface area contributed by atoms with E-state index in [0.717, 1.165) is 38.3 Å². The molecule has 6 heteroatoms. The summed E-state index contributed by atoms with van der Waals surface area (Å²) in [6.07, 6.45) is 0.967. The molecule has 0 spiro atoms. The van der Waals surface area contributed by atoms with Crippen LogP contribution in [0.25, 0.3) is 0 Å². The van der Waals surface area contributed by atoms with E-state index in [-0.39, 0.29) is 6.04 Å². The molecule has 0 saturated heterocycles. The van der Waals surface area contributed by atoms with Gasteiger partial charge < -0.3 is 4.90 Å². The average Bonchev–Trinajstić information content (AvgIpc) is 2.34. The molecule has 3 nitrogen and oxygen atoms in total. The Labute approximate surface area is 104 Å². The molecule has 0 bridgehead atoms. The molecule has 0 aromatic heterocycles. The molecular weight excluding hydrogens is 245 g/mol. The van der Waals surface area contributed by atoms with E-state index in [4.69, 9.17) is 5.26 Å². The van der Waals surface area contributed by atoms with Gasteiger partial charge in [0.25, 0.3) is 5.78 Å². The molecule has 18 heavy (non-hydrogen) atoms. The van der Waals surface area contributed by atoms with Crippen LogP contribution >= 0.6 is 0 Å². The van der Waals surface area contributed by atoms with Crippen LogP contribution in [0.15, 0.2) is 11.8 Å². The zero-order valence-corrected chi connectivity index (χ0v) is 10.1. The van der Waals surface area contributed by atoms with Crippen molar-refractivity contribution < 1.29 is 18.0 Å². The molecule has 0 N–H and O–H groups in total. The first-order valence-electron chi connectivity index (χ1n) is 5.81. The van der Waals surface area contributed by atoms with Crippen molar-refractivity contribution in [2.75, 3.05) is 7.05 Å². The Morgan fingerprint density at radius 3 is 2.33 bits per heavy atom. The van der Waals surface area contributed by atoms with Crippen LogP contribution in [0.2, 0.25) is 0 Å². The van der Waals surface area contributed by atoms with Crippen molar-refractivity contribution in [2.24, 2.45) is 0 Å². The first kappa shape index (κ1) is 14.6. The lowest BCUT2D eigenvalue weighted by atomic mass is 9.94. The van der Waals surface area contributed by atoms with Gasteiger partial charge in [0.1, 0.15) is 11.6 Å². The molecule has 1 fully saturated rings. The van der Waals surface area contributed by atoms with E-state index < -0.39 is 17.5 Å². The number of rotatable bonds is 3. The lowest BCUT2D eigenvalue weighted by Gasteiger charge is -2.30. The van der Waals surface area contributed by atoms with E-state index in [1.807, 2.05) is 0 Å². The normalized spacial score (nSPS) is 18.3. The Morgan fingerprint density at radius 2 is 1.89 bits per heavy atom. The maximum atomic E-state index is 12.2. The smallest absolute Gasteiger partial charge is 0.376 e. The summed E-state index contributed by atoms with van der Waals surface area (Å²) in [5, 5.41) is 8.64. The van der Waals surface area contributed by atoms with Crippen molar-refractivity contribution in [3.8, 4) is 6.07 Å². The van der Waals surface area contributed by atoms with Crippen LogP contribution in [0.5, 0.6) is 0 Å². The Hall–Kier alpha value is -1.51. The minimum absolute atomic E-state index is 0.114. The highest BCUT2D eigenvalue weighted by atomic mass is 19.4. The number of ketones is 1. The Morgan fingerprint density at radius 1 is 1.33 bits per heavy atom. The van der Waals surface area contributed by atoms with Gasteiger partial charge in [-0.3, -0.25) is 4.79 Å². The number of nitrogens with zero attached hydrogens (tertiary/aromatic N) is 2. The molecule has 0 heterocycles. The van der Waals surface area contributed by atoms with Crippen LogP contribution in [0.4, 0.5) is 13.2 Å². The number of allylic oxidation sites excluding steroid dienone is 1. The van der Waals surface area contributed by atoms with Gasteiger partial charge in [-0.05, 0) is 12.8 Å². The number of hydrogen-bond acceptors (Lipinski definition) is 3. The Balaban J connectivity index is 2.78. The van der Waals surface area contributed by atoms with Gasteiger partial charge in [-0.2, -0.15) is 18.4 Å². The largest absolute Gasteiger partial charge is 0.455 e. The molecule has 0 unspecified atom stereocenters. The number of hydrogen-bond donors (Lipinski definition) is 0. The Kier molecular flexibility index (Phi) is 4.76. The van der Waals surface area contributed by atoms with E-state index in [2.05, 4.69) is 0 Å². The summed E-state index contributed by atoms with van der Waals surface area (Å²) >= 11 is 0. The second kappa shape index (κ2) is 5.89. The first-order valence-corrected chi connectivity index (χ1v) is 5.81. The van der Waals surface area contributed by atoms with Gasteiger partial charge in [0.15, 0.2) is 0 Å².